The molecule has 0 aromatic carbocycles. The normalized spacial score (nSPS) is 30.6. The van der Waals surface area contributed by atoms with Crippen LogP contribution < -0.4 is 0 Å². The molecule has 1 fully saturated rings. The van der Waals surface area contributed by atoms with Crippen LogP contribution in [0.25, 0.3) is 0 Å². The highest BCUT2D eigenvalue weighted by Crippen LogP contribution is 2.25. The quantitative estimate of drug-likeness (QED) is 0.727. The highest BCUT2D eigenvalue weighted by molar-refractivity contribution is 9.09. The van der Waals surface area contributed by atoms with Gasteiger partial charge in [-0.2, -0.15) is 0 Å². The van der Waals surface area contributed by atoms with Crippen molar-refractivity contribution < 1.29 is 4.74 Å². The van der Waals surface area contributed by atoms with Crippen LogP contribution in [-0.4, -0.2) is 41.6 Å². The van der Waals surface area contributed by atoms with Gasteiger partial charge in [-0.05, 0) is 40.2 Å². The van der Waals surface area contributed by atoms with Crippen molar-refractivity contribution in [3.63, 3.8) is 0 Å². The number of hydrogen-bond acceptors (Lipinski definition) is 2. The summed E-state index contributed by atoms with van der Waals surface area (Å²) < 4.78 is 5.47. The second-order valence-electron chi connectivity index (χ2n) is 4.83. The Bertz CT molecular complexity index is 184. The summed E-state index contributed by atoms with van der Waals surface area (Å²) in [6, 6.07) is 0.623. The van der Waals surface area contributed by atoms with Crippen LogP contribution in [0.2, 0.25) is 0 Å². The van der Waals surface area contributed by atoms with Crippen LogP contribution in [0.5, 0.6) is 0 Å². The Labute approximate surface area is 96.1 Å². The van der Waals surface area contributed by atoms with E-state index < -0.39 is 0 Å². The summed E-state index contributed by atoms with van der Waals surface area (Å²) in [7, 11) is 1.79. The van der Waals surface area contributed by atoms with Crippen LogP contribution in [0.15, 0.2) is 0 Å². The van der Waals surface area contributed by atoms with Crippen molar-refractivity contribution in [1.29, 1.82) is 0 Å². The molecule has 2 unspecified atom stereocenters. The van der Waals surface area contributed by atoms with Gasteiger partial charge in [-0.25, -0.2) is 0 Å². The van der Waals surface area contributed by atoms with E-state index in [1.165, 1.54) is 19.4 Å². The summed E-state index contributed by atoms with van der Waals surface area (Å²) in [5, 5.41) is 0. The average molecular weight is 264 g/mol. The molecule has 0 radical (unpaired) electrons. The number of alkyl halides is 1. The summed E-state index contributed by atoms with van der Waals surface area (Å²) in [5.74, 6) is 0. The molecule has 0 aromatic heterocycles. The molecule has 0 N–H and O–H groups in total. The van der Waals surface area contributed by atoms with E-state index in [2.05, 4.69) is 41.6 Å². The highest BCUT2D eigenvalue weighted by Gasteiger charge is 2.30. The molecule has 2 nitrogen and oxygen atoms in total. The Hall–Kier alpha value is 0.400. The van der Waals surface area contributed by atoms with Gasteiger partial charge in [-0.1, -0.05) is 15.9 Å². The minimum Gasteiger partial charge on any atom is -0.377 e. The topological polar surface area (TPSA) is 12.5 Å². The summed E-state index contributed by atoms with van der Waals surface area (Å²) in [4.78, 5) is 3.16. The van der Waals surface area contributed by atoms with Crippen molar-refractivity contribution in [1.82, 2.24) is 4.90 Å². The fourth-order valence-electron chi connectivity index (χ4n) is 1.94. The van der Waals surface area contributed by atoms with Crippen molar-refractivity contribution in [2.75, 3.05) is 20.2 Å². The average Bonchev–Trinajstić information content (AvgIpc) is 2.13. The smallest absolute Gasteiger partial charge is 0.0749 e. The van der Waals surface area contributed by atoms with Gasteiger partial charge in [0, 0.05) is 24.5 Å². The van der Waals surface area contributed by atoms with E-state index in [1.807, 2.05) is 0 Å². The molecule has 1 heterocycles. The van der Waals surface area contributed by atoms with E-state index >= 15 is 0 Å². The number of halogens is 1. The minimum atomic E-state index is -0.0294. The molecule has 1 saturated heterocycles. The molecular formula is C11H22BrNO. The van der Waals surface area contributed by atoms with E-state index in [-0.39, 0.29) is 5.60 Å². The lowest BCUT2D eigenvalue weighted by Gasteiger charge is -2.40. The predicted octanol–water partition coefficient (Wildman–Crippen LogP) is 2.66. The van der Waals surface area contributed by atoms with Crippen LogP contribution in [0.1, 0.15) is 33.6 Å². The zero-order valence-corrected chi connectivity index (χ0v) is 11.3. The molecule has 0 saturated carbocycles. The molecule has 14 heavy (non-hydrogen) atoms. The number of rotatable bonds is 3. The summed E-state index contributed by atoms with van der Waals surface area (Å²) >= 11 is 3.74. The Balaban J connectivity index is 2.51. The van der Waals surface area contributed by atoms with Gasteiger partial charge in [0.2, 0.25) is 0 Å². The van der Waals surface area contributed by atoms with Gasteiger partial charge in [-0.15, -0.1) is 0 Å². The van der Waals surface area contributed by atoms with E-state index in [0.29, 0.717) is 10.9 Å². The Morgan fingerprint density at radius 3 is 2.71 bits per heavy atom. The maximum absolute atomic E-state index is 5.47. The number of hydrogen-bond donors (Lipinski definition) is 0. The third-order valence-electron chi connectivity index (χ3n) is 3.16. The molecule has 1 aliphatic heterocycles. The molecule has 84 valence electrons. The van der Waals surface area contributed by atoms with Crippen LogP contribution in [0.4, 0.5) is 0 Å². The minimum absolute atomic E-state index is 0.0294. The second-order valence-corrected chi connectivity index (χ2v) is 6.01. The Morgan fingerprint density at radius 2 is 2.14 bits per heavy atom. The molecule has 0 amide bonds. The van der Waals surface area contributed by atoms with E-state index in [1.54, 1.807) is 7.11 Å². The van der Waals surface area contributed by atoms with Gasteiger partial charge in [0.1, 0.15) is 0 Å². The molecule has 2 atom stereocenters. The summed E-state index contributed by atoms with van der Waals surface area (Å²) in [6.45, 7) is 8.82. The van der Waals surface area contributed by atoms with Crippen molar-refractivity contribution in [3.8, 4) is 0 Å². The van der Waals surface area contributed by atoms with Crippen LogP contribution >= 0.6 is 15.9 Å². The van der Waals surface area contributed by atoms with E-state index in [0.717, 1.165) is 6.54 Å². The molecule has 0 aromatic rings. The molecule has 0 spiro atoms. The van der Waals surface area contributed by atoms with Crippen molar-refractivity contribution >= 4 is 15.9 Å². The van der Waals surface area contributed by atoms with Crippen molar-refractivity contribution in [3.05, 3.63) is 0 Å². The van der Waals surface area contributed by atoms with Gasteiger partial charge in [0.25, 0.3) is 0 Å². The van der Waals surface area contributed by atoms with Gasteiger partial charge < -0.3 is 4.74 Å². The summed E-state index contributed by atoms with van der Waals surface area (Å²) in [6.07, 6.45) is 2.59. The maximum atomic E-state index is 5.47. The van der Waals surface area contributed by atoms with Gasteiger partial charge in [-0.3, -0.25) is 4.90 Å². The predicted molar refractivity (Wildman–Crippen MR) is 64.1 cm³/mol. The first-order valence-electron chi connectivity index (χ1n) is 5.39. The Kier molecular flexibility index (Phi) is 4.41. The summed E-state index contributed by atoms with van der Waals surface area (Å²) in [5.41, 5.74) is -0.0294. The SMILES string of the molecule is COC(C)(C)CN1CCCC(Br)C1C. The van der Waals surface area contributed by atoms with Crippen molar-refractivity contribution in [2.45, 2.75) is 50.1 Å². The zero-order valence-electron chi connectivity index (χ0n) is 9.72. The first kappa shape index (κ1) is 12.5. The zero-order chi connectivity index (χ0) is 10.8. The first-order chi connectivity index (χ1) is 6.46. The van der Waals surface area contributed by atoms with Gasteiger partial charge in [0.15, 0.2) is 0 Å². The second kappa shape index (κ2) is 4.95. The maximum Gasteiger partial charge on any atom is 0.0749 e. The first-order valence-corrected chi connectivity index (χ1v) is 6.31. The fourth-order valence-corrected chi connectivity index (χ4v) is 2.60. The number of piperidine rings is 1. The standard InChI is InChI=1S/C11H22BrNO/c1-9-10(12)6-5-7-13(9)8-11(2,3)14-4/h9-10H,5-8H2,1-4H3. The monoisotopic (exact) mass is 263 g/mol. The third-order valence-corrected chi connectivity index (χ3v) is 4.38. The van der Waals surface area contributed by atoms with Crippen LogP contribution in [0.3, 0.4) is 0 Å². The number of likely N-dealkylation sites (tertiary alicyclic amines) is 1. The van der Waals surface area contributed by atoms with Gasteiger partial charge in [0.05, 0.1) is 5.60 Å². The number of ether oxygens (including phenoxy) is 1. The molecule has 0 aliphatic carbocycles. The lowest BCUT2D eigenvalue weighted by Crippen LogP contribution is -2.50. The molecule has 1 rings (SSSR count). The van der Waals surface area contributed by atoms with E-state index in [9.17, 15) is 0 Å². The van der Waals surface area contributed by atoms with Crippen molar-refractivity contribution in [2.24, 2.45) is 0 Å². The van der Waals surface area contributed by atoms with Gasteiger partial charge >= 0.3 is 0 Å². The molecular weight excluding hydrogens is 242 g/mol. The fraction of sp³-hybridized carbons (Fsp3) is 1.00. The molecule has 1 aliphatic rings. The molecule has 0 bridgehead atoms. The Morgan fingerprint density at radius 1 is 1.50 bits per heavy atom. The molecule has 3 heteroatoms. The lowest BCUT2D eigenvalue weighted by molar-refractivity contribution is -0.0210. The van der Waals surface area contributed by atoms with Crippen LogP contribution in [0, 0.1) is 0 Å². The van der Waals surface area contributed by atoms with E-state index in [4.69, 9.17) is 4.74 Å². The number of nitrogens with zero attached hydrogens (tertiary/aromatic N) is 1. The highest BCUT2D eigenvalue weighted by atomic mass is 79.9. The third kappa shape index (κ3) is 3.21. The largest absolute Gasteiger partial charge is 0.377 e. The lowest BCUT2D eigenvalue weighted by atomic mass is 10.0. The number of methoxy groups -OCH3 is 1. The van der Waals surface area contributed by atoms with Crippen LogP contribution in [-0.2, 0) is 4.74 Å².